The predicted molar refractivity (Wildman–Crippen MR) is 25.4 cm³/mol. The third-order valence-electron chi connectivity index (χ3n) is 0.129. The summed E-state index contributed by atoms with van der Waals surface area (Å²) in [6.45, 7) is 3.31. The molecule has 0 fully saturated rings. The molecule has 0 aromatic carbocycles. The van der Waals surface area contributed by atoms with Crippen LogP contribution in [0.5, 0.6) is 0 Å². The molecular formula is C4H10O2. The van der Waals surface area contributed by atoms with Gasteiger partial charge in [-0.25, -0.2) is 0 Å². The fraction of sp³-hybridized carbons (Fsp3) is 0.500. The molecular weight excluding hydrogens is 80.0 g/mol. The molecule has 6 heavy (non-hydrogen) atoms. The molecule has 0 heterocycles. The van der Waals surface area contributed by atoms with Crippen LogP contribution in [0.2, 0.25) is 0 Å². The Morgan fingerprint density at radius 1 is 1.67 bits per heavy atom. The van der Waals surface area contributed by atoms with E-state index in [0.717, 1.165) is 7.11 Å². The van der Waals surface area contributed by atoms with Gasteiger partial charge in [0, 0.05) is 7.11 Å². The Labute approximate surface area is 37.7 Å². The molecule has 2 nitrogen and oxygen atoms in total. The predicted octanol–water partition coefficient (Wildman–Crippen LogP) is -0.227. The monoisotopic (exact) mass is 90.1 g/mol. The van der Waals surface area contributed by atoms with Gasteiger partial charge < -0.3 is 10.2 Å². The summed E-state index contributed by atoms with van der Waals surface area (Å²) >= 11 is 0. The quantitative estimate of drug-likeness (QED) is 0.437. The van der Waals surface area contributed by atoms with Gasteiger partial charge in [0.2, 0.25) is 0 Å². The highest BCUT2D eigenvalue weighted by Gasteiger charge is 1.45. The maximum Gasteiger partial charge on any atom is 0.0609 e. The first-order chi connectivity index (χ1) is 2.91. The number of aliphatic hydroxyl groups excluding tert-OH is 2. The summed E-state index contributed by atoms with van der Waals surface area (Å²) in [5.74, 6) is 0. The SMILES string of the molecule is C=CCO.CO. The van der Waals surface area contributed by atoms with Crippen LogP contribution in [0, 0.1) is 0 Å². The van der Waals surface area contributed by atoms with Crippen molar-refractivity contribution in [1.82, 2.24) is 0 Å². The number of hydrogen-bond donors (Lipinski definition) is 2. The summed E-state index contributed by atoms with van der Waals surface area (Å²) in [5.41, 5.74) is 0. The summed E-state index contributed by atoms with van der Waals surface area (Å²) < 4.78 is 0. The molecule has 0 unspecified atom stereocenters. The van der Waals surface area contributed by atoms with Crippen molar-refractivity contribution in [3.8, 4) is 0 Å². The molecule has 0 radical (unpaired) electrons. The van der Waals surface area contributed by atoms with Crippen molar-refractivity contribution in [3.63, 3.8) is 0 Å². The van der Waals surface area contributed by atoms with Gasteiger partial charge in [0.25, 0.3) is 0 Å². The highest BCUT2D eigenvalue weighted by Crippen LogP contribution is 1.46. The minimum absolute atomic E-state index is 0.0833. The van der Waals surface area contributed by atoms with Crippen LogP contribution in [0.15, 0.2) is 12.7 Å². The number of rotatable bonds is 1. The van der Waals surface area contributed by atoms with Crippen LogP contribution in [0.3, 0.4) is 0 Å². The molecule has 0 saturated heterocycles. The first-order valence-corrected chi connectivity index (χ1v) is 1.58. The van der Waals surface area contributed by atoms with E-state index in [1.807, 2.05) is 0 Å². The molecule has 0 atom stereocenters. The molecule has 2 heteroatoms. The van der Waals surface area contributed by atoms with Gasteiger partial charge in [-0.3, -0.25) is 0 Å². The lowest BCUT2D eigenvalue weighted by atomic mass is 10.7. The minimum Gasteiger partial charge on any atom is -0.400 e. The third-order valence-corrected chi connectivity index (χ3v) is 0.129. The van der Waals surface area contributed by atoms with Gasteiger partial charge in [0.1, 0.15) is 0 Å². The normalized spacial score (nSPS) is 5.17. The second-order valence-electron chi connectivity index (χ2n) is 0.471. The van der Waals surface area contributed by atoms with Gasteiger partial charge in [0.05, 0.1) is 6.61 Å². The van der Waals surface area contributed by atoms with Crippen LogP contribution >= 0.6 is 0 Å². The van der Waals surface area contributed by atoms with Crippen molar-refractivity contribution in [2.24, 2.45) is 0 Å². The summed E-state index contributed by atoms with van der Waals surface area (Å²) in [7, 11) is 1.00. The maximum absolute atomic E-state index is 7.76. The highest BCUT2D eigenvalue weighted by atomic mass is 16.2. The van der Waals surface area contributed by atoms with E-state index in [-0.39, 0.29) is 6.61 Å². The molecule has 0 amide bonds. The summed E-state index contributed by atoms with van der Waals surface area (Å²) in [4.78, 5) is 0. The molecule has 0 rings (SSSR count). The van der Waals surface area contributed by atoms with E-state index in [4.69, 9.17) is 10.2 Å². The standard InChI is InChI=1S/C3H6O.CH4O/c1-2-3-4;1-2/h2,4H,1,3H2;2H,1H3. The van der Waals surface area contributed by atoms with Crippen LogP contribution in [0.1, 0.15) is 0 Å². The Hall–Kier alpha value is -0.340. The fourth-order valence-corrected chi connectivity index (χ4v) is 0. The molecule has 0 bridgehead atoms. The second-order valence-corrected chi connectivity index (χ2v) is 0.471. The van der Waals surface area contributed by atoms with Crippen molar-refractivity contribution in [2.75, 3.05) is 13.7 Å². The van der Waals surface area contributed by atoms with Crippen LogP contribution in [-0.4, -0.2) is 23.9 Å². The molecule has 0 aromatic heterocycles. The third kappa shape index (κ3) is 59.5. The van der Waals surface area contributed by atoms with Crippen LogP contribution in [0.25, 0.3) is 0 Å². The van der Waals surface area contributed by atoms with Gasteiger partial charge in [-0.05, 0) is 0 Å². The molecule has 0 spiro atoms. The van der Waals surface area contributed by atoms with E-state index in [1.54, 1.807) is 0 Å². The smallest absolute Gasteiger partial charge is 0.0609 e. The topological polar surface area (TPSA) is 40.5 Å². The zero-order chi connectivity index (χ0) is 5.41. The lowest BCUT2D eigenvalue weighted by molar-refractivity contribution is 0.343. The van der Waals surface area contributed by atoms with Gasteiger partial charge in [-0.2, -0.15) is 0 Å². The molecule has 0 saturated carbocycles. The van der Waals surface area contributed by atoms with E-state index in [9.17, 15) is 0 Å². The Balaban J connectivity index is 0. The van der Waals surface area contributed by atoms with Gasteiger partial charge in [0.15, 0.2) is 0 Å². The Bertz CT molecular complexity index is 19.5. The maximum atomic E-state index is 7.76. The lowest BCUT2D eigenvalue weighted by Crippen LogP contribution is -1.62. The second kappa shape index (κ2) is 22.7. The Morgan fingerprint density at radius 2 is 1.83 bits per heavy atom. The van der Waals surface area contributed by atoms with E-state index in [0.29, 0.717) is 0 Å². The van der Waals surface area contributed by atoms with Gasteiger partial charge in [-0.15, -0.1) is 6.58 Å². The molecule has 0 aliphatic carbocycles. The van der Waals surface area contributed by atoms with E-state index in [2.05, 4.69) is 6.58 Å². The number of hydrogen-bond acceptors (Lipinski definition) is 2. The molecule has 2 N–H and O–H groups in total. The molecule has 0 aliphatic heterocycles. The highest BCUT2D eigenvalue weighted by molar-refractivity contribution is 4.60. The average molecular weight is 90.1 g/mol. The summed E-state index contributed by atoms with van der Waals surface area (Å²) in [6, 6.07) is 0. The lowest BCUT2D eigenvalue weighted by Gasteiger charge is -1.60. The Morgan fingerprint density at radius 3 is 1.83 bits per heavy atom. The van der Waals surface area contributed by atoms with Crippen molar-refractivity contribution >= 4 is 0 Å². The van der Waals surface area contributed by atoms with Crippen LogP contribution in [-0.2, 0) is 0 Å². The van der Waals surface area contributed by atoms with Crippen molar-refractivity contribution in [1.29, 1.82) is 0 Å². The van der Waals surface area contributed by atoms with E-state index in [1.165, 1.54) is 6.08 Å². The van der Waals surface area contributed by atoms with Gasteiger partial charge >= 0.3 is 0 Å². The van der Waals surface area contributed by atoms with Crippen LogP contribution < -0.4 is 0 Å². The Kier molecular flexibility index (Phi) is 34.6. The first-order valence-electron chi connectivity index (χ1n) is 1.58. The van der Waals surface area contributed by atoms with Gasteiger partial charge in [-0.1, -0.05) is 6.08 Å². The van der Waals surface area contributed by atoms with Crippen molar-refractivity contribution in [3.05, 3.63) is 12.7 Å². The summed E-state index contributed by atoms with van der Waals surface area (Å²) in [6.07, 6.45) is 1.43. The number of aliphatic hydroxyl groups is 2. The van der Waals surface area contributed by atoms with E-state index < -0.39 is 0 Å². The zero-order valence-corrected chi connectivity index (χ0v) is 3.89. The summed E-state index contributed by atoms with van der Waals surface area (Å²) in [5, 5.41) is 14.8. The zero-order valence-electron chi connectivity index (χ0n) is 3.89. The molecule has 38 valence electrons. The van der Waals surface area contributed by atoms with E-state index >= 15 is 0 Å². The first kappa shape index (κ1) is 9.18. The van der Waals surface area contributed by atoms with Crippen LogP contribution in [0.4, 0.5) is 0 Å². The fourth-order valence-electron chi connectivity index (χ4n) is 0. The van der Waals surface area contributed by atoms with Crippen molar-refractivity contribution < 1.29 is 10.2 Å². The largest absolute Gasteiger partial charge is 0.400 e. The minimum atomic E-state index is 0.0833. The van der Waals surface area contributed by atoms with Crippen molar-refractivity contribution in [2.45, 2.75) is 0 Å². The molecule has 0 aromatic rings. The molecule has 0 aliphatic rings. The average Bonchev–Trinajstić information content (AvgIpc) is 1.72.